The van der Waals surface area contributed by atoms with Crippen molar-refractivity contribution in [3.63, 3.8) is 0 Å². The molecule has 6 nitrogen and oxygen atoms in total. The van der Waals surface area contributed by atoms with Gasteiger partial charge in [0.15, 0.2) is 0 Å². The molecule has 5 rings (SSSR count). The van der Waals surface area contributed by atoms with Crippen LogP contribution in [0.25, 0.3) is 22.4 Å². The Labute approximate surface area is 215 Å². The minimum atomic E-state index is 0.891. The number of rotatable bonds is 4. The predicted octanol–water partition coefficient (Wildman–Crippen LogP) is 6.08. The number of hydrogen-bond acceptors (Lipinski definition) is 5. The number of aromatic amines is 1. The minimum absolute atomic E-state index is 0.891. The van der Waals surface area contributed by atoms with Gasteiger partial charge in [-0.3, -0.25) is 4.90 Å². The number of imidazole rings is 1. The number of morpholine rings is 1. The second-order valence-corrected chi connectivity index (χ2v) is 8.85. The van der Waals surface area contributed by atoms with Gasteiger partial charge in [0.05, 0.1) is 24.2 Å². The number of para-hydroxylation sites is 3. The quantitative estimate of drug-likeness (QED) is 0.436. The number of allylic oxidation sites excluding steroid dienone is 5. The average Bonchev–Trinajstić information content (AvgIpc) is 3.33. The molecule has 36 heavy (non-hydrogen) atoms. The Balaban J connectivity index is 0.000000182. The molecular weight excluding hydrogens is 448 g/mol. The van der Waals surface area contributed by atoms with Gasteiger partial charge in [-0.2, -0.15) is 0 Å². The summed E-state index contributed by atoms with van der Waals surface area (Å²) in [5, 5.41) is 3.18. The largest absolute Gasteiger partial charge is 0.388 e. The zero-order valence-corrected chi connectivity index (χ0v) is 22.1. The molecule has 2 aromatic carbocycles. The maximum atomic E-state index is 5.36. The van der Waals surface area contributed by atoms with Crippen molar-refractivity contribution in [3.05, 3.63) is 84.0 Å². The molecule has 1 saturated heterocycles. The number of fused-ring (bicyclic) bond motifs is 1. The zero-order chi connectivity index (χ0) is 25.6. The molecule has 0 spiro atoms. The number of benzene rings is 2. The molecule has 192 valence electrons. The van der Waals surface area contributed by atoms with Gasteiger partial charge < -0.3 is 19.8 Å². The van der Waals surface area contributed by atoms with Crippen LogP contribution in [-0.2, 0) is 9.47 Å². The fourth-order valence-electron chi connectivity index (χ4n) is 4.12. The van der Waals surface area contributed by atoms with Gasteiger partial charge in [-0.05, 0) is 44.0 Å². The average molecular weight is 489 g/mol. The van der Waals surface area contributed by atoms with E-state index in [9.17, 15) is 0 Å². The van der Waals surface area contributed by atoms with Crippen LogP contribution >= 0.6 is 0 Å². The summed E-state index contributed by atoms with van der Waals surface area (Å²) >= 11 is 0. The Kier molecular flexibility index (Phi) is 11.4. The van der Waals surface area contributed by atoms with E-state index in [2.05, 4.69) is 62.2 Å². The maximum absolute atomic E-state index is 5.36. The number of nitrogens with one attached hydrogen (secondary N) is 2. The summed E-state index contributed by atoms with van der Waals surface area (Å²) in [6.45, 7) is 7.22. The van der Waals surface area contributed by atoms with E-state index in [1.807, 2.05) is 49.5 Å². The Bertz CT molecular complexity index is 1120. The number of methoxy groups -OCH3 is 1. The molecule has 6 heteroatoms. The Morgan fingerprint density at radius 2 is 1.75 bits per heavy atom. The van der Waals surface area contributed by atoms with E-state index in [1.165, 1.54) is 5.57 Å². The van der Waals surface area contributed by atoms with Crippen molar-refractivity contribution in [1.29, 1.82) is 0 Å². The van der Waals surface area contributed by atoms with Crippen LogP contribution in [0, 0.1) is 0 Å². The molecule has 0 unspecified atom stereocenters. The van der Waals surface area contributed by atoms with Crippen molar-refractivity contribution in [2.75, 3.05) is 59.4 Å². The molecule has 0 saturated carbocycles. The van der Waals surface area contributed by atoms with E-state index in [4.69, 9.17) is 4.74 Å². The number of H-pyrrole nitrogens is 1. The molecule has 3 aromatic rings. The van der Waals surface area contributed by atoms with Gasteiger partial charge in [-0.25, -0.2) is 4.98 Å². The first-order valence-electron chi connectivity index (χ1n) is 12.6. The predicted molar refractivity (Wildman–Crippen MR) is 151 cm³/mol. The number of ether oxygens (including phenoxy) is 2. The summed E-state index contributed by atoms with van der Waals surface area (Å²) in [6, 6.07) is 16.2. The van der Waals surface area contributed by atoms with E-state index in [0.29, 0.717) is 0 Å². The van der Waals surface area contributed by atoms with Crippen LogP contribution in [0.1, 0.15) is 19.8 Å². The molecule has 2 heterocycles. The van der Waals surface area contributed by atoms with Crippen molar-refractivity contribution in [3.8, 4) is 11.4 Å². The van der Waals surface area contributed by atoms with Crippen molar-refractivity contribution >= 4 is 16.7 Å². The van der Waals surface area contributed by atoms with Gasteiger partial charge in [-0.1, -0.05) is 59.7 Å². The van der Waals surface area contributed by atoms with E-state index in [0.717, 1.165) is 73.8 Å². The summed E-state index contributed by atoms with van der Waals surface area (Å²) < 4.78 is 9.61. The number of nitrogens with zero attached hydrogens (tertiary/aromatic N) is 2. The van der Waals surface area contributed by atoms with Crippen LogP contribution in [0.15, 0.2) is 84.0 Å². The fraction of sp³-hybridized carbons (Fsp3) is 0.367. The Morgan fingerprint density at radius 1 is 1.03 bits per heavy atom. The summed E-state index contributed by atoms with van der Waals surface area (Å²) in [7, 11) is 5.17. The highest BCUT2D eigenvalue weighted by Gasteiger charge is 2.11. The molecule has 2 N–H and O–H groups in total. The molecule has 1 aliphatic heterocycles. The van der Waals surface area contributed by atoms with E-state index in [-0.39, 0.29) is 0 Å². The highest BCUT2D eigenvalue weighted by atomic mass is 16.5. The highest BCUT2D eigenvalue weighted by molar-refractivity contribution is 5.82. The number of anilines is 1. The maximum Gasteiger partial charge on any atom is 0.140 e. The van der Waals surface area contributed by atoms with Crippen LogP contribution in [0.5, 0.6) is 0 Å². The lowest BCUT2D eigenvalue weighted by Gasteiger charge is -2.27. The van der Waals surface area contributed by atoms with Gasteiger partial charge in [0.25, 0.3) is 0 Å². The lowest BCUT2D eigenvalue weighted by Crippen LogP contribution is -2.37. The van der Waals surface area contributed by atoms with Gasteiger partial charge in [-0.15, -0.1) is 0 Å². The normalized spacial score (nSPS) is 18.2. The fourth-order valence-corrected chi connectivity index (χ4v) is 4.12. The smallest absolute Gasteiger partial charge is 0.140 e. The monoisotopic (exact) mass is 488 g/mol. The molecule has 0 amide bonds. The Hall–Kier alpha value is -3.19. The first-order chi connectivity index (χ1) is 17.6. The van der Waals surface area contributed by atoms with Crippen molar-refractivity contribution in [1.82, 2.24) is 14.9 Å². The van der Waals surface area contributed by atoms with Gasteiger partial charge in [0.2, 0.25) is 0 Å². The third-order valence-corrected chi connectivity index (χ3v) is 5.98. The topological polar surface area (TPSA) is 62.4 Å². The second kappa shape index (κ2) is 15.0. The molecule has 0 atom stereocenters. The highest BCUT2D eigenvalue weighted by Crippen LogP contribution is 2.26. The van der Waals surface area contributed by atoms with Crippen LogP contribution in [-0.4, -0.2) is 69.0 Å². The van der Waals surface area contributed by atoms with Crippen LogP contribution < -0.4 is 5.32 Å². The Morgan fingerprint density at radius 3 is 2.50 bits per heavy atom. The number of hydrogen-bond donors (Lipinski definition) is 2. The summed E-state index contributed by atoms with van der Waals surface area (Å²) in [5.41, 5.74) is 7.14. The summed E-state index contributed by atoms with van der Waals surface area (Å²) in [5.74, 6) is 0.899. The minimum Gasteiger partial charge on any atom is -0.388 e. The summed E-state index contributed by atoms with van der Waals surface area (Å²) in [6.07, 6.45) is 11.3. The van der Waals surface area contributed by atoms with E-state index in [1.54, 1.807) is 19.8 Å². The van der Waals surface area contributed by atoms with Gasteiger partial charge in [0.1, 0.15) is 5.82 Å². The first-order valence-corrected chi connectivity index (χ1v) is 12.6. The summed E-state index contributed by atoms with van der Waals surface area (Å²) in [4.78, 5) is 10.4. The van der Waals surface area contributed by atoms with Crippen molar-refractivity contribution in [2.24, 2.45) is 0 Å². The molecular formula is C30H40N4O2. The van der Waals surface area contributed by atoms with Gasteiger partial charge in [0, 0.05) is 52.2 Å². The third kappa shape index (κ3) is 8.48. The molecule has 1 aliphatic carbocycles. The third-order valence-electron chi connectivity index (χ3n) is 5.98. The first kappa shape index (κ1) is 27.4. The van der Waals surface area contributed by atoms with Crippen LogP contribution in [0.4, 0.5) is 5.69 Å². The zero-order valence-electron chi connectivity index (χ0n) is 22.1. The van der Waals surface area contributed by atoms with Crippen molar-refractivity contribution < 1.29 is 9.47 Å². The van der Waals surface area contributed by atoms with E-state index < -0.39 is 0 Å². The SMILES string of the molecule is CC1=CC/C=C(/CN2CCOCC2)C/C=C\1.CNc1ccccc1-c1nc2ccccc2[nH]1.COC. The van der Waals surface area contributed by atoms with Crippen LogP contribution in [0.2, 0.25) is 0 Å². The van der Waals surface area contributed by atoms with Crippen molar-refractivity contribution in [2.45, 2.75) is 19.8 Å². The lowest BCUT2D eigenvalue weighted by molar-refractivity contribution is 0.0421. The lowest BCUT2D eigenvalue weighted by atomic mass is 10.1. The molecule has 1 fully saturated rings. The number of aromatic nitrogens is 2. The molecule has 2 aliphatic rings. The van der Waals surface area contributed by atoms with Crippen LogP contribution in [0.3, 0.4) is 0 Å². The standard InChI is InChI=1S/C14H13N3.C14H21NO.C2H6O/c1-15-11-7-3-2-6-10(11)14-16-12-8-4-5-9-13(12)17-14;1-13-4-2-6-14(7-3-5-13)12-15-8-10-16-11-9-15;1-3-2/h2-9,15H,1H3,(H,16,17);2,4-5,7H,3,6,8-12H2,1H3;1-2H3/b;4-2-,13-5?,14-7+;. The van der Waals surface area contributed by atoms with Gasteiger partial charge >= 0.3 is 0 Å². The van der Waals surface area contributed by atoms with E-state index >= 15 is 0 Å². The molecule has 1 aromatic heterocycles. The second-order valence-electron chi connectivity index (χ2n) is 8.85. The molecule has 0 radical (unpaired) electrons. The molecule has 0 bridgehead atoms.